The van der Waals surface area contributed by atoms with E-state index in [1.165, 1.54) is 4.90 Å². The summed E-state index contributed by atoms with van der Waals surface area (Å²) in [5.74, 6) is 0.952. The van der Waals surface area contributed by atoms with Crippen LogP contribution in [0.5, 0.6) is 11.5 Å². The van der Waals surface area contributed by atoms with Gasteiger partial charge in [0.25, 0.3) is 0 Å². The summed E-state index contributed by atoms with van der Waals surface area (Å²) in [6, 6.07) is 22.5. The molecule has 0 bridgehead atoms. The van der Waals surface area contributed by atoms with Crippen LogP contribution in [0.15, 0.2) is 72.8 Å². The molecule has 29 heavy (non-hydrogen) atoms. The zero-order valence-electron chi connectivity index (χ0n) is 16.0. The molecule has 0 unspecified atom stereocenters. The second-order valence-corrected chi connectivity index (χ2v) is 6.81. The van der Waals surface area contributed by atoms with Crippen molar-refractivity contribution in [2.75, 3.05) is 28.6 Å². The summed E-state index contributed by atoms with van der Waals surface area (Å²) in [7, 11) is 0. The minimum Gasteiger partial charge on any atom is -0.455 e. The number of nitrogens with zero attached hydrogens (tertiary/aromatic N) is 1. The minimum absolute atomic E-state index is 0.00103. The monoisotopic (exact) mass is 387 g/mol. The maximum Gasteiger partial charge on any atom is 0.246 e. The first-order valence-electron chi connectivity index (χ1n) is 9.37. The molecule has 1 aliphatic heterocycles. The van der Waals surface area contributed by atoms with Gasteiger partial charge in [-0.2, -0.15) is 0 Å². The molecule has 0 fully saturated rings. The number of hydrogen-bond donors (Lipinski definition) is 2. The van der Waals surface area contributed by atoms with Crippen molar-refractivity contribution in [1.82, 2.24) is 0 Å². The molecule has 0 aliphatic carbocycles. The van der Waals surface area contributed by atoms with Gasteiger partial charge in [-0.25, -0.2) is 0 Å². The van der Waals surface area contributed by atoms with Crippen molar-refractivity contribution in [2.24, 2.45) is 0 Å². The molecule has 0 aromatic heterocycles. The van der Waals surface area contributed by atoms with Crippen LogP contribution in [0.25, 0.3) is 0 Å². The van der Waals surface area contributed by atoms with E-state index in [9.17, 15) is 9.59 Å². The Bertz CT molecular complexity index is 1060. The van der Waals surface area contributed by atoms with Crippen LogP contribution in [-0.2, 0) is 9.59 Å². The second kappa shape index (κ2) is 8.06. The second-order valence-electron chi connectivity index (χ2n) is 6.81. The standard InChI is InChI=1S/C23H21N3O3/c1-16-7-6-8-17(13-16)29-21-12-5-3-10-19(21)24-14-23(28)26-15-22(27)25-18-9-2-4-11-20(18)26/h2-13,24H,14-15H2,1H3,(H,25,27). The quantitative estimate of drug-likeness (QED) is 0.689. The molecule has 0 saturated heterocycles. The summed E-state index contributed by atoms with van der Waals surface area (Å²) < 4.78 is 5.99. The Morgan fingerprint density at radius 1 is 1.07 bits per heavy atom. The Morgan fingerprint density at radius 2 is 1.86 bits per heavy atom. The highest BCUT2D eigenvalue weighted by atomic mass is 16.5. The lowest BCUT2D eigenvalue weighted by Gasteiger charge is -2.29. The van der Waals surface area contributed by atoms with Crippen molar-refractivity contribution >= 4 is 28.9 Å². The number of aryl methyl sites for hydroxylation is 1. The number of carbonyl (C=O) groups is 2. The van der Waals surface area contributed by atoms with Crippen LogP contribution in [0.3, 0.4) is 0 Å². The van der Waals surface area contributed by atoms with E-state index < -0.39 is 0 Å². The predicted molar refractivity (Wildman–Crippen MR) is 114 cm³/mol. The lowest BCUT2D eigenvalue weighted by molar-refractivity contribution is -0.120. The zero-order chi connectivity index (χ0) is 20.2. The normalized spacial score (nSPS) is 12.7. The van der Waals surface area contributed by atoms with Crippen LogP contribution >= 0.6 is 0 Å². The van der Waals surface area contributed by atoms with E-state index in [2.05, 4.69) is 10.6 Å². The van der Waals surface area contributed by atoms with Gasteiger partial charge in [-0.1, -0.05) is 36.4 Å². The summed E-state index contributed by atoms with van der Waals surface area (Å²) in [6.07, 6.45) is 0. The molecule has 0 radical (unpaired) electrons. The fourth-order valence-corrected chi connectivity index (χ4v) is 3.23. The fraction of sp³-hybridized carbons (Fsp3) is 0.130. The van der Waals surface area contributed by atoms with Crippen LogP contribution in [0, 0.1) is 6.92 Å². The summed E-state index contributed by atoms with van der Waals surface area (Å²) in [5.41, 5.74) is 3.14. The molecule has 4 rings (SSSR count). The van der Waals surface area contributed by atoms with Crippen LogP contribution in [0.1, 0.15) is 5.56 Å². The average Bonchev–Trinajstić information content (AvgIpc) is 2.72. The van der Waals surface area contributed by atoms with Crippen molar-refractivity contribution < 1.29 is 14.3 Å². The summed E-state index contributed by atoms with van der Waals surface area (Å²) in [6.45, 7) is 2.04. The molecule has 6 heteroatoms. The van der Waals surface area contributed by atoms with Gasteiger partial charge in [-0.15, -0.1) is 0 Å². The summed E-state index contributed by atoms with van der Waals surface area (Å²) >= 11 is 0. The third kappa shape index (κ3) is 4.21. The van der Waals surface area contributed by atoms with E-state index in [0.717, 1.165) is 11.3 Å². The van der Waals surface area contributed by atoms with E-state index in [1.54, 1.807) is 6.07 Å². The number of benzene rings is 3. The first-order chi connectivity index (χ1) is 14.1. The molecule has 3 aromatic rings. The number of anilines is 3. The third-order valence-corrected chi connectivity index (χ3v) is 4.61. The van der Waals surface area contributed by atoms with Crippen LogP contribution in [0.2, 0.25) is 0 Å². The molecule has 2 amide bonds. The molecular weight excluding hydrogens is 366 g/mol. The van der Waals surface area contributed by atoms with Gasteiger partial charge in [-0.3, -0.25) is 14.5 Å². The van der Waals surface area contributed by atoms with Crippen molar-refractivity contribution in [3.63, 3.8) is 0 Å². The van der Waals surface area contributed by atoms with E-state index in [0.29, 0.717) is 22.8 Å². The first kappa shape index (κ1) is 18.6. The van der Waals surface area contributed by atoms with Gasteiger partial charge in [-0.05, 0) is 48.9 Å². The highest BCUT2D eigenvalue weighted by Gasteiger charge is 2.26. The van der Waals surface area contributed by atoms with Gasteiger partial charge < -0.3 is 15.4 Å². The summed E-state index contributed by atoms with van der Waals surface area (Å²) in [4.78, 5) is 26.3. The van der Waals surface area contributed by atoms with E-state index in [-0.39, 0.29) is 24.9 Å². The van der Waals surface area contributed by atoms with Gasteiger partial charge in [0.2, 0.25) is 11.8 Å². The van der Waals surface area contributed by atoms with Gasteiger partial charge in [0, 0.05) is 0 Å². The zero-order valence-corrected chi connectivity index (χ0v) is 16.0. The van der Waals surface area contributed by atoms with Crippen molar-refractivity contribution in [3.05, 3.63) is 78.4 Å². The largest absolute Gasteiger partial charge is 0.455 e. The number of fused-ring (bicyclic) bond motifs is 1. The average molecular weight is 387 g/mol. The van der Waals surface area contributed by atoms with Gasteiger partial charge in [0.15, 0.2) is 5.75 Å². The molecule has 146 valence electrons. The van der Waals surface area contributed by atoms with Crippen molar-refractivity contribution in [2.45, 2.75) is 6.92 Å². The van der Waals surface area contributed by atoms with Crippen molar-refractivity contribution in [3.8, 4) is 11.5 Å². The molecule has 2 N–H and O–H groups in total. The molecule has 1 heterocycles. The molecule has 0 spiro atoms. The highest BCUT2D eigenvalue weighted by Crippen LogP contribution is 2.31. The Hall–Kier alpha value is -3.80. The van der Waals surface area contributed by atoms with Crippen LogP contribution < -0.4 is 20.3 Å². The third-order valence-electron chi connectivity index (χ3n) is 4.61. The van der Waals surface area contributed by atoms with Crippen LogP contribution in [0.4, 0.5) is 17.1 Å². The van der Waals surface area contributed by atoms with E-state index >= 15 is 0 Å². The number of nitrogens with one attached hydrogen (secondary N) is 2. The van der Waals surface area contributed by atoms with Crippen LogP contribution in [-0.4, -0.2) is 24.9 Å². The molecular formula is C23H21N3O3. The van der Waals surface area contributed by atoms with Gasteiger partial charge in [0.1, 0.15) is 12.3 Å². The number of amides is 2. The smallest absolute Gasteiger partial charge is 0.246 e. The maximum atomic E-state index is 12.8. The molecule has 3 aromatic carbocycles. The topological polar surface area (TPSA) is 70.7 Å². The van der Waals surface area contributed by atoms with E-state index in [1.807, 2.05) is 73.7 Å². The molecule has 0 saturated carbocycles. The SMILES string of the molecule is Cc1cccc(Oc2ccccc2NCC(=O)N2CC(=O)Nc3ccccc32)c1. The lowest BCUT2D eigenvalue weighted by Crippen LogP contribution is -2.44. The Kier molecular flexibility index (Phi) is 5.16. The van der Waals surface area contributed by atoms with Gasteiger partial charge >= 0.3 is 0 Å². The summed E-state index contributed by atoms with van der Waals surface area (Å²) in [5, 5.41) is 5.93. The Morgan fingerprint density at radius 3 is 2.72 bits per heavy atom. The molecule has 6 nitrogen and oxygen atoms in total. The lowest BCUT2D eigenvalue weighted by atomic mass is 10.2. The predicted octanol–water partition coefficient (Wildman–Crippen LogP) is 4.18. The number of ether oxygens (including phenoxy) is 1. The molecule has 0 atom stereocenters. The number of carbonyl (C=O) groups excluding carboxylic acids is 2. The Labute approximate surface area is 169 Å². The molecule has 1 aliphatic rings. The Balaban J connectivity index is 1.49. The minimum atomic E-state index is -0.208. The van der Waals surface area contributed by atoms with Crippen molar-refractivity contribution in [1.29, 1.82) is 0 Å². The maximum absolute atomic E-state index is 12.8. The fourth-order valence-electron chi connectivity index (χ4n) is 3.23. The number of hydrogen-bond acceptors (Lipinski definition) is 4. The first-order valence-corrected chi connectivity index (χ1v) is 9.37. The highest BCUT2D eigenvalue weighted by molar-refractivity contribution is 6.10. The number of para-hydroxylation sites is 4. The number of rotatable bonds is 5. The van der Waals surface area contributed by atoms with E-state index in [4.69, 9.17) is 4.74 Å². The van der Waals surface area contributed by atoms with Gasteiger partial charge in [0.05, 0.1) is 23.6 Å².